The van der Waals surface area contributed by atoms with Crippen molar-refractivity contribution in [2.24, 2.45) is 0 Å². The lowest BCUT2D eigenvalue weighted by Crippen LogP contribution is -2.33. The normalized spacial score (nSPS) is 9.85. The number of hydrogen-bond acceptors (Lipinski definition) is 3. The first kappa shape index (κ1) is 9.82. The lowest BCUT2D eigenvalue weighted by molar-refractivity contribution is 0.111. The van der Waals surface area contributed by atoms with Gasteiger partial charge in [-0.3, -0.25) is 4.79 Å². The number of aldehydes is 1. The van der Waals surface area contributed by atoms with E-state index in [2.05, 4.69) is 0 Å². The first-order valence-electron chi connectivity index (χ1n) is 3.37. The van der Waals surface area contributed by atoms with Crippen molar-refractivity contribution in [3.63, 3.8) is 0 Å². The number of carbonyl (C=O) groups is 1. The number of rotatable bonds is 2. The molecule has 0 aliphatic rings. The molecular weight excluding hydrogens is 181 g/mol. The molecule has 6 heteroatoms. The third-order valence-electron chi connectivity index (χ3n) is 1.55. The minimum atomic E-state index is -2.06. The topological polar surface area (TPSA) is 57.5 Å². The van der Waals surface area contributed by atoms with Crippen molar-refractivity contribution < 1.29 is 23.6 Å². The molecule has 0 amide bonds. The zero-order chi connectivity index (χ0) is 10.0. The van der Waals surface area contributed by atoms with Gasteiger partial charge in [0.1, 0.15) is 11.6 Å². The Kier molecular flexibility index (Phi) is 2.74. The van der Waals surface area contributed by atoms with Crippen LogP contribution in [0.25, 0.3) is 0 Å². The van der Waals surface area contributed by atoms with Crippen molar-refractivity contribution in [1.29, 1.82) is 0 Å². The quantitative estimate of drug-likeness (QED) is 0.481. The van der Waals surface area contributed by atoms with Crippen molar-refractivity contribution in [3.8, 4) is 0 Å². The Bertz CT molecular complexity index is 341. The molecule has 0 aliphatic heterocycles. The van der Waals surface area contributed by atoms with Crippen LogP contribution in [0.15, 0.2) is 12.1 Å². The van der Waals surface area contributed by atoms with Crippen LogP contribution in [0.4, 0.5) is 8.78 Å². The van der Waals surface area contributed by atoms with Crippen molar-refractivity contribution >= 4 is 18.9 Å². The molecule has 13 heavy (non-hydrogen) atoms. The third kappa shape index (κ3) is 1.73. The number of carbonyl (C=O) groups excluding carboxylic acids is 1. The summed E-state index contributed by atoms with van der Waals surface area (Å²) in [6.45, 7) is 0. The van der Waals surface area contributed by atoms with Gasteiger partial charge in [0.25, 0.3) is 0 Å². The molecular formula is C7H5BF2O3. The largest absolute Gasteiger partial charge is 0.491 e. The summed E-state index contributed by atoms with van der Waals surface area (Å²) in [5, 5.41) is 17.2. The molecule has 2 N–H and O–H groups in total. The van der Waals surface area contributed by atoms with Crippen molar-refractivity contribution in [3.05, 3.63) is 29.3 Å². The van der Waals surface area contributed by atoms with E-state index in [1.807, 2.05) is 0 Å². The fourth-order valence-electron chi connectivity index (χ4n) is 0.894. The monoisotopic (exact) mass is 186 g/mol. The molecule has 0 bridgehead atoms. The fourth-order valence-corrected chi connectivity index (χ4v) is 0.894. The van der Waals surface area contributed by atoms with Crippen LogP contribution >= 0.6 is 0 Å². The Hall–Kier alpha value is -1.27. The summed E-state index contributed by atoms with van der Waals surface area (Å²) in [5.74, 6) is -2.28. The van der Waals surface area contributed by atoms with Crippen LogP contribution in [0, 0.1) is 11.6 Å². The Balaban J connectivity index is 3.35. The van der Waals surface area contributed by atoms with E-state index in [0.29, 0.717) is 0 Å². The third-order valence-corrected chi connectivity index (χ3v) is 1.55. The van der Waals surface area contributed by atoms with E-state index >= 15 is 0 Å². The van der Waals surface area contributed by atoms with E-state index in [1.54, 1.807) is 0 Å². The van der Waals surface area contributed by atoms with Gasteiger partial charge in [0, 0.05) is 5.46 Å². The predicted molar refractivity (Wildman–Crippen MR) is 41.6 cm³/mol. The fraction of sp³-hybridized carbons (Fsp3) is 0. The predicted octanol–water partition coefficient (Wildman–Crippen LogP) is -0.543. The van der Waals surface area contributed by atoms with Crippen LogP contribution in [0.5, 0.6) is 0 Å². The second-order valence-electron chi connectivity index (χ2n) is 2.36. The summed E-state index contributed by atoms with van der Waals surface area (Å²) < 4.78 is 25.7. The highest BCUT2D eigenvalue weighted by molar-refractivity contribution is 6.58. The molecule has 0 atom stereocenters. The molecule has 3 nitrogen and oxygen atoms in total. The molecule has 0 aromatic heterocycles. The first-order valence-corrected chi connectivity index (χ1v) is 3.37. The Labute approximate surface area is 72.8 Å². The number of halogens is 2. The van der Waals surface area contributed by atoms with Gasteiger partial charge in [-0.1, -0.05) is 6.07 Å². The van der Waals surface area contributed by atoms with Crippen LogP contribution in [0.1, 0.15) is 10.4 Å². The number of hydrogen-bond donors (Lipinski definition) is 2. The van der Waals surface area contributed by atoms with Gasteiger partial charge in [-0.2, -0.15) is 0 Å². The number of benzene rings is 1. The highest BCUT2D eigenvalue weighted by Crippen LogP contribution is 2.07. The minimum Gasteiger partial charge on any atom is -0.423 e. The standard InChI is InChI=1S/C7H5BF2O3/c9-6-2-1-5(8(12)13)7(10)4(6)3-11/h1-3,12-13H. The Morgan fingerprint density at radius 3 is 2.38 bits per heavy atom. The summed E-state index contributed by atoms with van der Waals surface area (Å²) in [6.07, 6.45) is -0.0173. The van der Waals surface area contributed by atoms with Crippen molar-refractivity contribution in [2.75, 3.05) is 0 Å². The lowest BCUT2D eigenvalue weighted by Gasteiger charge is -2.03. The van der Waals surface area contributed by atoms with Crippen LogP contribution in [0.2, 0.25) is 0 Å². The summed E-state index contributed by atoms with van der Waals surface area (Å²) in [4.78, 5) is 10.2. The van der Waals surface area contributed by atoms with Gasteiger partial charge >= 0.3 is 7.12 Å². The maximum atomic E-state index is 13.0. The summed E-state index contributed by atoms with van der Waals surface area (Å²) in [6, 6.07) is 1.66. The summed E-state index contributed by atoms with van der Waals surface area (Å²) >= 11 is 0. The van der Waals surface area contributed by atoms with Gasteiger partial charge in [-0.15, -0.1) is 0 Å². The molecule has 0 unspecified atom stereocenters. The second-order valence-corrected chi connectivity index (χ2v) is 2.36. The van der Waals surface area contributed by atoms with Gasteiger partial charge in [-0.05, 0) is 6.07 Å². The first-order chi connectivity index (χ1) is 6.07. The smallest absolute Gasteiger partial charge is 0.423 e. The zero-order valence-corrected chi connectivity index (χ0v) is 6.37. The average Bonchev–Trinajstić information content (AvgIpc) is 2.04. The summed E-state index contributed by atoms with van der Waals surface area (Å²) in [7, 11) is -2.06. The molecule has 0 saturated carbocycles. The molecule has 1 aromatic carbocycles. The molecule has 0 fully saturated rings. The minimum absolute atomic E-state index is 0.0173. The average molecular weight is 186 g/mol. The van der Waals surface area contributed by atoms with Gasteiger partial charge in [0.2, 0.25) is 0 Å². The maximum Gasteiger partial charge on any atom is 0.491 e. The maximum absolute atomic E-state index is 13.0. The van der Waals surface area contributed by atoms with Crippen molar-refractivity contribution in [2.45, 2.75) is 0 Å². The van der Waals surface area contributed by atoms with E-state index in [9.17, 15) is 13.6 Å². The lowest BCUT2D eigenvalue weighted by atomic mass is 9.79. The molecule has 0 aliphatic carbocycles. The molecule has 0 heterocycles. The van der Waals surface area contributed by atoms with E-state index in [4.69, 9.17) is 10.0 Å². The molecule has 68 valence electrons. The van der Waals surface area contributed by atoms with Crippen LogP contribution < -0.4 is 5.46 Å². The van der Waals surface area contributed by atoms with E-state index < -0.39 is 29.8 Å². The molecule has 1 aromatic rings. The molecule has 1 rings (SSSR count). The van der Waals surface area contributed by atoms with Crippen LogP contribution in [-0.2, 0) is 0 Å². The van der Waals surface area contributed by atoms with Crippen molar-refractivity contribution in [1.82, 2.24) is 0 Å². The molecule has 0 spiro atoms. The van der Waals surface area contributed by atoms with E-state index in [0.717, 1.165) is 12.1 Å². The van der Waals surface area contributed by atoms with Crippen LogP contribution in [0.3, 0.4) is 0 Å². The highest BCUT2D eigenvalue weighted by atomic mass is 19.1. The zero-order valence-electron chi connectivity index (χ0n) is 6.37. The van der Waals surface area contributed by atoms with Gasteiger partial charge in [0.15, 0.2) is 6.29 Å². The van der Waals surface area contributed by atoms with Gasteiger partial charge < -0.3 is 10.0 Å². The second kappa shape index (κ2) is 3.63. The van der Waals surface area contributed by atoms with Crippen LogP contribution in [-0.4, -0.2) is 23.5 Å². The molecule has 0 saturated heterocycles. The highest BCUT2D eigenvalue weighted by Gasteiger charge is 2.20. The SMILES string of the molecule is O=Cc1c(F)ccc(B(O)O)c1F. The van der Waals surface area contributed by atoms with E-state index in [1.165, 1.54) is 0 Å². The Morgan fingerprint density at radius 2 is 1.92 bits per heavy atom. The van der Waals surface area contributed by atoms with E-state index in [-0.39, 0.29) is 6.29 Å². The summed E-state index contributed by atoms with van der Waals surface area (Å²) in [5.41, 5.74) is -1.32. The van der Waals surface area contributed by atoms with Gasteiger partial charge in [-0.25, -0.2) is 8.78 Å². The molecule has 0 radical (unpaired) electrons. The van der Waals surface area contributed by atoms with Gasteiger partial charge in [0.05, 0.1) is 5.56 Å². The Morgan fingerprint density at radius 1 is 1.31 bits per heavy atom.